The fourth-order valence-corrected chi connectivity index (χ4v) is 5.70. The van der Waals surface area contributed by atoms with Gasteiger partial charge in [-0.15, -0.1) is 0 Å². The van der Waals surface area contributed by atoms with Gasteiger partial charge in [-0.3, -0.25) is 13.9 Å². The molecule has 7 nitrogen and oxygen atoms in total. The first-order chi connectivity index (χ1) is 18.5. The fraction of sp³-hybridized carbons (Fsp3) is 0.333. The molecule has 1 unspecified atom stereocenters. The number of carbonyl (C=O) groups excluding carboxylic acids is 2. The van der Waals surface area contributed by atoms with Gasteiger partial charge in [0.25, 0.3) is 0 Å². The summed E-state index contributed by atoms with van der Waals surface area (Å²) in [4.78, 5) is 29.1. The van der Waals surface area contributed by atoms with E-state index in [2.05, 4.69) is 21.2 Å². The number of hydrogen-bond donors (Lipinski definition) is 1. The molecule has 0 spiro atoms. The largest absolute Gasteiger partial charge is 0.354 e. The summed E-state index contributed by atoms with van der Waals surface area (Å²) in [6.07, 6.45) is 2.13. The van der Waals surface area contributed by atoms with Crippen LogP contribution in [0.1, 0.15) is 35.6 Å². The van der Waals surface area contributed by atoms with Gasteiger partial charge in [0.15, 0.2) is 0 Å². The number of benzene rings is 3. The Kier molecular flexibility index (Phi) is 10.7. The molecule has 0 aliphatic carbocycles. The van der Waals surface area contributed by atoms with Gasteiger partial charge in [0, 0.05) is 24.0 Å². The topological polar surface area (TPSA) is 86.8 Å². The van der Waals surface area contributed by atoms with Gasteiger partial charge in [0.05, 0.1) is 11.9 Å². The first kappa shape index (κ1) is 30.4. The minimum Gasteiger partial charge on any atom is -0.354 e. The van der Waals surface area contributed by atoms with Crippen LogP contribution in [0.2, 0.25) is 0 Å². The first-order valence-corrected chi connectivity index (χ1v) is 15.5. The molecular weight excluding hydrogens is 578 g/mol. The van der Waals surface area contributed by atoms with Crippen LogP contribution in [0.3, 0.4) is 0 Å². The second-order valence-electron chi connectivity index (χ2n) is 9.64. The molecule has 0 aliphatic rings. The highest BCUT2D eigenvalue weighted by molar-refractivity contribution is 9.10. The lowest BCUT2D eigenvalue weighted by molar-refractivity contribution is -0.140. The Morgan fingerprint density at radius 2 is 1.62 bits per heavy atom. The van der Waals surface area contributed by atoms with E-state index < -0.39 is 28.5 Å². The number of carbonyl (C=O) groups is 2. The number of nitrogens with one attached hydrogen (secondary N) is 1. The molecule has 0 saturated heterocycles. The number of sulfonamides is 1. The molecule has 1 N–H and O–H groups in total. The lowest BCUT2D eigenvalue weighted by atomic mass is 10.0. The van der Waals surface area contributed by atoms with Crippen molar-refractivity contribution in [3.63, 3.8) is 0 Å². The normalized spacial score (nSPS) is 12.0. The molecule has 0 bridgehead atoms. The summed E-state index contributed by atoms with van der Waals surface area (Å²) in [6, 6.07) is 21.6. The number of aryl methyl sites for hydroxylation is 1. The van der Waals surface area contributed by atoms with Gasteiger partial charge in [-0.25, -0.2) is 8.42 Å². The van der Waals surface area contributed by atoms with Crippen molar-refractivity contribution in [2.24, 2.45) is 0 Å². The van der Waals surface area contributed by atoms with Gasteiger partial charge in [0.2, 0.25) is 21.8 Å². The van der Waals surface area contributed by atoms with Crippen LogP contribution in [-0.4, -0.2) is 50.5 Å². The average Bonchev–Trinajstić information content (AvgIpc) is 2.89. The summed E-state index contributed by atoms with van der Waals surface area (Å²) >= 11 is 3.48. The molecular formula is C30H36BrN3O4S. The van der Waals surface area contributed by atoms with Gasteiger partial charge in [-0.1, -0.05) is 77.5 Å². The summed E-state index contributed by atoms with van der Waals surface area (Å²) in [5.41, 5.74) is 3.85. The van der Waals surface area contributed by atoms with Crippen molar-refractivity contribution in [1.29, 1.82) is 0 Å². The van der Waals surface area contributed by atoms with Crippen LogP contribution in [0.25, 0.3) is 0 Å². The molecule has 3 aromatic carbocycles. The Labute approximate surface area is 240 Å². The van der Waals surface area contributed by atoms with E-state index in [-0.39, 0.29) is 12.5 Å². The van der Waals surface area contributed by atoms with Crippen molar-refractivity contribution in [3.05, 3.63) is 99.5 Å². The van der Waals surface area contributed by atoms with E-state index in [9.17, 15) is 18.0 Å². The third kappa shape index (κ3) is 8.41. The second-order valence-corrected chi connectivity index (χ2v) is 12.5. The van der Waals surface area contributed by atoms with Crippen LogP contribution in [0.5, 0.6) is 0 Å². The Morgan fingerprint density at radius 3 is 2.26 bits per heavy atom. The third-order valence-electron chi connectivity index (χ3n) is 6.59. The highest BCUT2D eigenvalue weighted by Gasteiger charge is 2.33. The fourth-order valence-electron chi connectivity index (χ4n) is 4.35. The summed E-state index contributed by atoms with van der Waals surface area (Å²) in [6.45, 7) is 5.88. The highest BCUT2D eigenvalue weighted by atomic mass is 79.9. The zero-order valence-corrected chi connectivity index (χ0v) is 25.3. The van der Waals surface area contributed by atoms with Crippen LogP contribution in [0, 0.1) is 13.8 Å². The molecule has 3 rings (SSSR count). The van der Waals surface area contributed by atoms with E-state index in [1.54, 1.807) is 12.1 Å². The Hall–Kier alpha value is -3.17. The van der Waals surface area contributed by atoms with Crippen LogP contribution >= 0.6 is 15.9 Å². The van der Waals surface area contributed by atoms with E-state index in [1.807, 2.05) is 81.4 Å². The van der Waals surface area contributed by atoms with Gasteiger partial charge >= 0.3 is 0 Å². The lowest BCUT2D eigenvalue weighted by Gasteiger charge is -2.34. The lowest BCUT2D eigenvalue weighted by Crippen LogP contribution is -2.53. The number of rotatable bonds is 12. The Balaban J connectivity index is 2.07. The van der Waals surface area contributed by atoms with Gasteiger partial charge in [-0.05, 0) is 60.7 Å². The standard InChI is InChI=1S/C30H36BrN3O4S/c1-5-17-32-30(36)28(19-24-12-7-6-8-13-24)33(20-25-14-10-15-26(31)18-25)29(35)21-34(39(4,37)38)27-16-9-11-22(2)23(27)3/h6-16,18,28H,5,17,19-21H2,1-4H3,(H,32,36). The van der Waals surface area contributed by atoms with E-state index in [0.717, 1.165) is 43.7 Å². The van der Waals surface area contributed by atoms with Gasteiger partial charge in [0.1, 0.15) is 12.6 Å². The molecule has 39 heavy (non-hydrogen) atoms. The molecule has 3 aromatic rings. The number of hydrogen-bond acceptors (Lipinski definition) is 4. The van der Waals surface area contributed by atoms with Crippen molar-refractivity contribution < 1.29 is 18.0 Å². The number of anilines is 1. The summed E-state index contributed by atoms with van der Waals surface area (Å²) in [5, 5.41) is 2.94. The predicted molar refractivity (Wildman–Crippen MR) is 160 cm³/mol. The van der Waals surface area contributed by atoms with Crippen LogP contribution < -0.4 is 9.62 Å². The minimum absolute atomic E-state index is 0.139. The van der Waals surface area contributed by atoms with Gasteiger partial charge in [-0.2, -0.15) is 0 Å². The van der Waals surface area contributed by atoms with Crippen molar-refractivity contribution in [2.45, 2.75) is 46.2 Å². The zero-order valence-electron chi connectivity index (χ0n) is 22.9. The molecule has 0 aliphatic heterocycles. The first-order valence-electron chi connectivity index (χ1n) is 12.9. The smallest absolute Gasteiger partial charge is 0.244 e. The predicted octanol–water partition coefficient (Wildman–Crippen LogP) is 5.00. The van der Waals surface area contributed by atoms with Crippen LogP contribution in [0.4, 0.5) is 5.69 Å². The maximum absolute atomic E-state index is 14.1. The molecule has 0 saturated carbocycles. The average molecular weight is 615 g/mol. The van der Waals surface area contributed by atoms with E-state index in [0.29, 0.717) is 18.7 Å². The molecule has 208 valence electrons. The quantitative estimate of drug-likeness (QED) is 0.311. The van der Waals surface area contributed by atoms with Crippen LogP contribution in [0.15, 0.2) is 77.3 Å². The van der Waals surface area contributed by atoms with Crippen molar-refractivity contribution >= 4 is 43.5 Å². The highest BCUT2D eigenvalue weighted by Crippen LogP contribution is 2.26. The van der Waals surface area contributed by atoms with Crippen molar-refractivity contribution in [1.82, 2.24) is 10.2 Å². The maximum atomic E-state index is 14.1. The Bertz CT molecular complexity index is 1400. The zero-order chi connectivity index (χ0) is 28.6. The second kappa shape index (κ2) is 13.8. The van der Waals surface area contributed by atoms with Gasteiger partial charge < -0.3 is 10.2 Å². The third-order valence-corrected chi connectivity index (χ3v) is 8.21. The maximum Gasteiger partial charge on any atom is 0.244 e. The minimum atomic E-state index is -3.81. The summed E-state index contributed by atoms with van der Waals surface area (Å²) in [7, 11) is -3.81. The molecule has 0 radical (unpaired) electrons. The molecule has 0 heterocycles. The Morgan fingerprint density at radius 1 is 0.949 bits per heavy atom. The molecule has 1 atom stereocenters. The van der Waals surface area contributed by atoms with Crippen LogP contribution in [-0.2, 0) is 32.6 Å². The van der Waals surface area contributed by atoms with E-state index >= 15 is 0 Å². The molecule has 2 amide bonds. The monoisotopic (exact) mass is 613 g/mol. The molecule has 0 fully saturated rings. The molecule has 9 heteroatoms. The molecule has 0 aromatic heterocycles. The number of halogens is 1. The van der Waals surface area contributed by atoms with E-state index in [4.69, 9.17) is 0 Å². The summed E-state index contributed by atoms with van der Waals surface area (Å²) in [5.74, 6) is -0.740. The number of nitrogens with zero attached hydrogens (tertiary/aromatic N) is 2. The summed E-state index contributed by atoms with van der Waals surface area (Å²) < 4.78 is 27.9. The van der Waals surface area contributed by atoms with E-state index in [1.165, 1.54) is 4.90 Å². The van der Waals surface area contributed by atoms with Crippen molar-refractivity contribution in [3.8, 4) is 0 Å². The SMILES string of the molecule is CCCNC(=O)C(Cc1ccccc1)N(Cc1cccc(Br)c1)C(=O)CN(c1cccc(C)c1C)S(C)(=O)=O. The number of amides is 2. The van der Waals surface area contributed by atoms with Crippen molar-refractivity contribution in [2.75, 3.05) is 23.7 Å².